The van der Waals surface area contributed by atoms with Crippen molar-refractivity contribution >= 4 is 0 Å². The lowest BCUT2D eigenvalue weighted by atomic mass is 9.94. The molecule has 2 aliphatic rings. The fourth-order valence-corrected chi connectivity index (χ4v) is 4.59. The molecule has 0 unspecified atom stereocenters. The first kappa shape index (κ1) is 21.4. The van der Waals surface area contributed by atoms with Crippen LogP contribution in [0.15, 0.2) is 0 Å². The van der Waals surface area contributed by atoms with Gasteiger partial charge >= 0.3 is 0 Å². The number of hydrogen-bond acceptors (Lipinski definition) is 0. The Labute approximate surface area is 160 Å². The van der Waals surface area contributed by atoms with Crippen molar-refractivity contribution in [1.29, 1.82) is 0 Å². The minimum atomic E-state index is 0. The Morgan fingerprint density at radius 2 is 1.20 bits per heavy atom. The fraction of sp³-hybridized carbons (Fsp3) is 1.00. The molecule has 0 spiro atoms. The number of nitrogens with zero attached hydrogens (tertiary/aromatic N) is 2. The number of halogens is 2. The van der Waals surface area contributed by atoms with Crippen molar-refractivity contribution in [3.63, 3.8) is 0 Å². The molecule has 0 amide bonds. The van der Waals surface area contributed by atoms with Gasteiger partial charge in [-0.25, -0.2) is 0 Å². The molecule has 2 nitrogen and oxygen atoms in total. The number of hydrogen-bond donors (Lipinski definition) is 0. The fourth-order valence-electron chi connectivity index (χ4n) is 4.59. The molecule has 122 valence electrons. The molecule has 2 heterocycles. The van der Waals surface area contributed by atoms with Crippen molar-refractivity contribution in [2.24, 2.45) is 0 Å². The van der Waals surface area contributed by atoms with Crippen molar-refractivity contribution < 1.29 is 56.9 Å². The van der Waals surface area contributed by atoms with Gasteiger partial charge in [0.1, 0.15) is 0 Å². The molecule has 0 aromatic carbocycles. The molecule has 0 aromatic heterocycles. The third kappa shape index (κ3) is 4.44. The quantitative estimate of drug-likeness (QED) is 0.282. The van der Waals surface area contributed by atoms with Crippen LogP contribution in [0.2, 0.25) is 0 Å². The predicted octanol–water partition coefficient (Wildman–Crippen LogP) is -2.97. The summed E-state index contributed by atoms with van der Waals surface area (Å²) in [5.41, 5.74) is 0. The van der Waals surface area contributed by atoms with Gasteiger partial charge in [0.15, 0.2) is 0 Å². The zero-order valence-electron chi connectivity index (χ0n) is 13.7. The van der Waals surface area contributed by atoms with Crippen molar-refractivity contribution in [2.75, 3.05) is 45.8 Å². The minimum Gasteiger partial charge on any atom is -1.00 e. The van der Waals surface area contributed by atoms with Gasteiger partial charge in [0.25, 0.3) is 0 Å². The molecule has 0 radical (unpaired) electrons. The molecular weight excluding hydrogens is 474 g/mol. The zero-order chi connectivity index (χ0) is 13.1. The second kappa shape index (κ2) is 9.50. The maximum atomic E-state index is 2.43. The standard InChI is InChI=1S/C16H34N2.2HI/c1-4-17(5-2)14-10-16(11-15-17)18(6-3)12-8-7-9-13-18;;/h16H,4-15H2,1-3H3;2*1H/q+2;;/p-2. The van der Waals surface area contributed by atoms with Crippen LogP contribution in [0.25, 0.3) is 0 Å². The molecule has 0 N–H and O–H groups in total. The van der Waals surface area contributed by atoms with Crippen molar-refractivity contribution in [3.05, 3.63) is 0 Å². The third-order valence-electron chi connectivity index (χ3n) is 6.33. The number of rotatable bonds is 4. The van der Waals surface area contributed by atoms with E-state index in [1.807, 2.05) is 0 Å². The summed E-state index contributed by atoms with van der Waals surface area (Å²) in [6, 6.07) is 0.986. The molecule has 0 aliphatic carbocycles. The smallest absolute Gasteiger partial charge is 0.0998 e. The van der Waals surface area contributed by atoms with Gasteiger partial charge in [-0.1, -0.05) is 0 Å². The molecule has 0 bridgehead atoms. The van der Waals surface area contributed by atoms with Gasteiger partial charge in [0.05, 0.1) is 51.9 Å². The van der Waals surface area contributed by atoms with Gasteiger partial charge in [0.2, 0.25) is 0 Å². The minimum absolute atomic E-state index is 0. The Bertz CT molecular complexity index is 251. The molecule has 4 heteroatoms. The molecular formula is C16H34I2N2. The van der Waals surface area contributed by atoms with Gasteiger partial charge in [-0.15, -0.1) is 0 Å². The summed E-state index contributed by atoms with van der Waals surface area (Å²) in [7, 11) is 0. The molecule has 2 saturated heterocycles. The van der Waals surface area contributed by atoms with Gasteiger partial charge < -0.3 is 56.9 Å². The highest BCUT2D eigenvalue weighted by atomic mass is 127. The first-order valence-corrected chi connectivity index (χ1v) is 8.41. The van der Waals surface area contributed by atoms with Crippen molar-refractivity contribution in [3.8, 4) is 0 Å². The van der Waals surface area contributed by atoms with Crippen LogP contribution in [0.1, 0.15) is 52.9 Å². The number of quaternary nitrogens is 2. The normalized spacial score (nSPS) is 25.4. The van der Waals surface area contributed by atoms with Crippen LogP contribution in [-0.4, -0.2) is 60.8 Å². The van der Waals surface area contributed by atoms with Crippen LogP contribution < -0.4 is 48.0 Å². The number of piperidine rings is 2. The van der Waals surface area contributed by atoms with Gasteiger partial charge in [-0.05, 0) is 40.0 Å². The van der Waals surface area contributed by atoms with Crippen LogP contribution in [0.3, 0.4) is 0 Å². The van der Waals surface area contributed by atoms with E-state index in [2.05, 4.69) is 20.8 Å². The molecule has 2 aliphatic heterocycles. The van der Waals surface area contributed by atoms with E-state index < -0.39 is 0 Å². The molecule has 0 aromatic rings. The van der Waals surface area contributed by atoms with Gasteiger partial charge in [-0.3, -0.25) is 0 Å². The molecule has 0 saturated carbocycles. The van der Waals surface area contributed by atoms with Crippen molar-refractivity contribution in [1.82, 2.24) is 0 Å². The van der Waals surface area contributed by atoms with Crippen molar-refractivity contribution in [2.45, 2.75) is 58.9 Å². The van der Waals surface area contributed by atoms with Crippen LogP contribution in [0.4, 0.5) is 0 Å². The Morgan fingerprint density at radius 3 is 1.60 bits per heavy atom. The highest BCUT2D eigenvalue weighted by Gasteiger charge is 2.42. The first-order chi connectivity index (χ1) is 8.70. The summed E-state index contributed by atoms with van der Waals surface area (Å²) in [5, 5.41) is 0. The second-order valence-electron chi connectivity index (χ2n) is 6.70. The van der Waals surface area contributed by atoms with Crippen LogP contribution >= 0.6 is 0 Å². The Morgan fingerprint density at radius 1 is 0.700 bits per heavy atom. The SMILES string of the molecule is CC[N+]1(CC)CCC([N+]2(CC)CCCCC2)CC1.[I-].[I-]. The van der Waals surface area contributed by atoms with E-state index in [0.29, 0.717) is 0 Å². The van der Waals surface area contributed by atoms with E-state index in [9.17, 15) is 0 Å². The summed E-state index contributed by atoms with van der Waals surface area (Å²) in [4.78, 5) is 0. The lowest BCUT2D eigenvalue weighted by Gasteiger charge is -2.51. The lowest BCUT2D eigenvalue weighted by Crippen LogP contribution is -3.00. The van der Waals surface area contributed by atoms with E-state index in [1.54, 1.807) is 0 Å². The average molecular weight is 508 g/mol. The van der Waals surface area contributed by atoms with Crippen LogP contribution in [-0.2, 0) is 0 Å². The topological polar surface area (TPSA) is 0 Å². The predicted molar refractivity (Wildman–Crippen MR) is 78.5 cm³/mol. The van der Waals surface area contributed by atoms with Crippen LogP contribution in [0, 0.1) is 0 Å². The van der Waals surface area contributed by atoms with E-state index in [4.69, 9.17) is 0 Å². The van der Waals surface area contributed by atoms with E-state index in [-0.39, 0.29) is 48.0 Å². The van der Waals surface area contributed by atoms with E-state index >= 15 is 0 Å². The van der Waals surface area contributed by atoms with E-state index in [1.165, 1.54) is 86.9 Å². The Kier molecular flexibility index (Phi) is 10.2. The maximum Gasteiger partial charge on any atom is 0.0998 e. The maximum absolute atomic E-state index is 2.43. The third-order valence-corrected chi connectivity index (χ3v) is 6.33. The molecule has 0 atom stereocenters. The first-order valence-electron chi connectivity index (χ1n) is 8.41. The largest absolute Gasteiger partial charge is 1.00 e. The summed E-state index contributed by atoms with van der Waals surface area (Å²) >= 11 is 0. The van der Waals surface area contributed by atoms with E-state index in [0.717, 1.165) is 6.04 Å². The van der Waals surface area contributed by atoms with Gasteiger partial charge in [0, 0.05) is 12.8 Å². The summed E-state index contributed by atoms with van der Waals surface area (Å²) < 4.78 is 2.85. The molecule has 2 rings (SSSR count). The van der Waals surface area contributed by atoms with Crippen LogP contribution in [0.5, 0.6) is 0 Å². The average Bonchev–Trinajstić information content (AvgIpc) is 2.48. The second-order valence-corrected chi connectivity index (χ2v) is 6.70. The number of likely N-dealkylation sites (tertiary alicyclic amines) is 2. The Hall–Kier alpha value is 1.38. The zero-order valence-corrected chi connectivity index (χ0v) is 18.0. The monoisotopic (exact) mass is 508 g/mol. The van der Waals surface area contributed by atoms with Gasteiger partial charge in [-0.2, -0.15) is 0 Å². The summed E-state index contributed by atoms with van der Waals surface area (Å²) in [6.45, 7) is 17.1. The summed E-state index contributed by atoms with van der Waals surface area (Å²) in [6.07, 6.45) is 7.40. The lowest BCUT2D eigenvalue weighted by molar-refractivity contribution is -0.981. The molecule has 20 heavy (non-hydrogen) atoms. The highest BCUT2D eigenvalue weighted by Crippen LogP contribution is 2.31. The Balaban J connectivity index is 0.00000180. The molecule has 2 fully saturated rings. The summed E-state index contributed by atoms with van der Waals surface area (Å²) in [5.74, 6) is 0. The highest BCUT2D eigenvalue weighted by molar-refractivity contribution is 4.69.